The first kappa shape index (κ1) is 18.3. The smallest absolute Gasteiger partial charge is 0.335 e. The van der Waals surface area contributed by atoms with Crippen LogP contribution in [-0.4, -0.2) is 27.6 Å². The highest BCUT2D eigenvalue weighted by molar-refractivity contribution is 7.18. The van der Waals surface area contributed by atoms with Crippen LogP contribution in [0, 0.1) is 0 Å². The first-order valence-electron chi connectivity index (χ1n) is 9.03. The lowest BCUT2D eigenvalue weighted by Gasteiger charge is -2.04. The minimum atomic E-state index is -0.904. The SMILES string of the molecule is O=C(O)c1cccc(CNCCc2nc3ncc(-c4ccccc4)cc3s2)c1. The van der Waals surface area contributed by atoms with E-state index in [1.807, 2.05) is 30.5 Å². The third kappa shape index (κ3) is 4.24. The number of carboxylic acids is 1. The quantitative estimate of drug-likeness (QED) is 0.459. The lowest BCUT2D eigenvalue weighted by Crippen LogP contribution is -2.16. The summed E-state index contributed by atoms with van der Waals surface area (Å²) in [4.78, 5) is 20.2. The van der Waals surface area contributed by atoms with Crippen LogP contribution in [-0.2, 0) is 13.0 Å². The molecule has 0 saturated heterocycles. The van der Waals surface area contributed by atoms with E-state index in [9.17, 15) is 4.79 Å². The molecule has 0 bridgehead atoms. The van der Waals surface area contributed by atoms with Gasteiger partial charge in [0, 0.05) is 31.3 Å². The molecular weight excluding hydrogens is 370 g/mol. The Bertz CT molecular complexity index is 1110. The van der Waals surface area contributed by atoms with Gasteiger partial charge in [-0.1, -0.05) is 42.5 Å². The van der Waals surface area contributed by atoms with Crippen molar-refractivity contribution in [3.8, 4) is 11.1 Å². The summed E-state index contributed by atoms with van der Waals surface area (Å²) in [6, 6.07) is 19.3. The van der Waals surface area contributed by atoms with Gasteiger partial charge in [-0.05, 0) is 29.3 Å². The molecule has 2 N–H and O–H groups in total. The minimum absolute atomic E-state index is 0.311. The van der Waals surface area contributed by atoms with Gasteiger partial charge in [0.2, 0.25) is 0 Å². The fraction of sp³-hybridized carbons (Fsp3) is 0.136. The zero-order valence-corrected chi connectivity index (χ0v) is 15.9. The molecule has 0 saturated carbocycles. The Morgan fingerprint density at radius 3 is 2.71 bits per heavy atom. The first-order chi connectivity index (χ1) is 13.7. The molecule has 28 heavy (non-hydrogen) atoms. The maximum atomic E-state index is 11.0. The molecule has 6 heteroatoms. The Hall–Kier alpha value is -3.09. The molecule has 0 unspecified atom stereocenters. The highest BCUT2D eigenvalue weighted by atomic mass is 32.1. The third-order valence-corrected chi connectivity index (χ3v) is 5.47. The second kappa shape index (κ2) is 8.29. The molecule has 0 fully saturated rings. The van der Waals surface area contributed by atoms with E-state index in [2.05, 4.69) is 33.5 Å². The summed E-state index contributed by atoms with van der Waals surface area (Å²) in [7, 11) is 0. The van der Waals surface area contributed by atoms with Crippen molar-refractivity contribution in [1.29, 1.82) is 0 Å². The van der Waals surface area contributed by atoms with Gasteiger partial charge >= 0.3 is 5.97 Å². The van der Waals surface area contributed by atoms with Crippen LogP contribution in [0.3, 0.4) is 0 Å². The number of fused-ring (bicyclic) bond motifs is 1. The molecule has 0 amide bonds. The number of hydrogen-bond donors (Lipinski definition) is 2. The number of aromatic nitrogens is 2. The van der Waals surface area contributed by atoms with Crippen molar-refractivity contribution in [2.45, 2.75) is 13.0 Å². The lowest BCUT2D eigenvalue weighted by atomic mass is 10.1. The Kier molecular flexibility index (Phi) is 5.41. The van der Waals surface area contributed by atoms with E-state index in [-0.39, 0.29) is 0 Å². The summed E-state index contributed by atoms with van der Waals surface area (Å²) in [5.74, 6) is -0.904. The molecule has 0 spiro atoms. The van der Waals surface area contributed by atoms with Crippen molar-refractivity contribution < 1.29 is 9.90 Å². The number of benzene rings is 2. The zero-order chi connectivity index (χ0) is 19.3. The van der Waals surface area contributed by atoms with Crippen LogP contribution >= 0.6 is 11.3 Å². The van der Waals surface area contributed by atoms with Gasteiger partial charge in [0.15, 0.2) is 5.65 Å². The number of rotatable bonds is 7. The van der Waals surface area contributed by atoms with Crippen molar-refractivity contribution in [3.63, 3.8) is 0 Å². The maximum absolute atomic E-state index is 11.0. The summed E-state index contributed by atoms with van der Waals surface area (Å²) < 4.78 is 1.09. The fourth-order valence-corrected chi connectivity index (χ4v) is 3.97. The molecular formula is C22H19N3O2S. The van der Waals surface area contributed by atoms with Crippen molar-refractivity contribution in [3.05, 3.63) is 83.0 Å². The standard InChI is InChI=1S/C22H19N3O2S/c26-22(27)17-8-4-5-15(11-17)13-23-10-9-20-25-21-19(28-20)12-18(14-24-21)16-6-2-1-3-7-16/h1-8,11-12,14,23H,9-10,13H2,(H,26,27). The summed E-state index contributed by atoms with van der Waals surface area (Å²) in [6.07, 6.45) is 2.68. The second-order valence-electron chi connectivity index (χ2n) is 6.45. The number of pyridine rings is 1. The number of nitrogens with one attached hydrogen (secondary N) is 1. The summed E-state index contributed by atoms with van der Waals surface area (Å²) in [5, 5.41) is 13.5. The third-order valence-electron chi connectivity index (χ3n) is 4.42. The number of carbonyl (C=O) groups is 1. The van der Waals surface area contributed by atoms with Gasteiger partial charge in [-0.2, -0.15) is 0 Å². The topological polar surface area (TPSA) is 75.1 Å². The Morgan fingerprint density at radius 2 is 1.89 bits per heavy atom. The molecule has 2 aromatic carbocycles. The van der Waals surface area contributed by atoms with E-state index >= 15 is 0 Å². The average molecular weight is 389 g/mol. The van der Waals surface area contributed by atoms with E-state index in [1.54, 1.807) is 29.5 Å². The molecule has 4 rings (SSSR count). The minimum Gasteiger partial charge on any atom is -0.478 e. The monoisotopic (exact) mass is 389 g/mol. The summed E-state index contributed by atoms with van der Waals surface area (Å²) >= 11 is 1.67. The molecule has 140 valence electrons. The van der Waals surface area contributed by atoms with E-state index in [0.29, 0.717) is 12.1 Å². The van der Waals surface area contributed by atoms with Crippen molar-refractivity contribution in [1.82, 2.24) is 15.3 Å². The van der Waals surface area contributed by atoms with E-state index in [1.165, 1.54) is 0 Å². The maximum Gasteiger partial charge on any atom is 0.335 e. The predicted molar refractivity (Wildman–Crippen MR) is 112 cm³/mol. The van der Waals surface area contributed by atoms with Gasteiger partial charge in [-0.3, -0.25) is 0 Å². The van der Waals surface area contributed by atoms with Crippen LogP contribution in [0.5, 0.6) is 0 Å². The highest BCUT2D eigenvalue weighted by Crippen LogP contribution is 2.26. The van der Waals surface area contributed by atoms with Crippen molar-refractivity contribution in [2.24, 2.45) is 0 Å². The van der Waals surface area contributed by atoms with Crippen molar-refractivity contribution in [2.75, 3.05) is 6.54 Å². The molecule has 2 heterocycles. The average Bonchev–Trinajstić information content (AvgIpc) is 3.14. The summed E-state index contributed by atoms with van der Waals surface area (Å²) in [5.41, 5.74) is 4.30. The number of carboxylic acid groups (broad SMARTS) is 1. The Morgan fingerprint density at radius 1 is 1.04 bits per heavy atom. The van der Waals surface area contributed by atoms with Crippen LogP contribution in [0.1, 0.15) is 20.9 Å². The van der Waals surface area contributed by atoms with Crippen LogP contribution in [0.4, 0.5) is 0 Å². The predicted octanol–water partition coefficient (Wildman–Crippen LogP) is 4.39. The van der Waals surface area contributed by atoms with E-state index in [4.69, 9.17) is 5.11 Å². The molecule has 0 atom stereocenters. The van der Waals surface area contributed by atoms with Gasteiger partial charge in [-0.15, -0.1) is 11.3 Å². The van der Waals surface area contributed by atoms with Crippen molar-refractivity contribution >= 4 is 27.7 Å². The molecule has 2 aromatic heterocycles. The van der Waals surface area contributed by atoms with Crippen LogP contribution in [0.25, 0.3) is 21.5 Å². The first-order valence-corrected chi connectivity index (χ1v) is 9.84. The van der Waals surface area contributed by atoms with Gasteiger partial charge in [-0.25, -0.2) is 14.8 Å². The van der Waals surface area contributed by atoms with E-state index in [0.717, 1.165) is 45.0 Å². The number of nitrogens with zero attached hydrogens (tertiary/aromatic N) is 2. The van der Waals surface area contributed by atoms with Gasteiger partial charge in [0.05, 0.1) is 15.3 Å². The molecule has 0 aliphatic heterocycles. The summed E-state index contributed by atoms with van der Waals surface area (Å²) in [6.45, 7) is 1.39. The van der Waals surface area contributed by atoms with Gasteiger partial charge in [0.1, 0.15) is 0 Å². The fourth-order valence-electron chi connectivity index (χ4n) is 3.00. The molecule has 0 aliphatic rings. The normalized spacial score (nSPS) is 11.0. The molecule has 4 aromatic rings. The largest absolute Gasteiger partial charge is 0.478 e. The molecule has 0 aliphatic carbocycles. The lowest BCUT2D eigenvalue weighted by molar-refractivity contribution is 0.0696. The number of aromatic carboxylic acids is 1. The van der Waals surface area contributed by atoms with Gasteiger partial charge in [0.25, 0.3) is 0 Å². The zero-order valence-electron chi connectivity index (χ0n) is 15.1. The number of thiazole rings is 1. The Labute approximate surface area is 166 Å². The number of hydrogen-bond acceptors (Lipinski definition) is 5. The second-order valence-corrected chi connectivity index (χ2v) is 7.57. The van der Waals surface area contributed by atoms with Crippen LogP contribution in [0.2, 0.25) is 0 Å². The van der Waals surface area contributed by atoms with Crippen LogP contribution < -0.4 is 5.32 Å². The molecule has 5 nitrogen and oxygen atoms in total. The van der Waals surface area contributed by atoms with E-state index < -0.39 is 5.97 Å². The molecule has 0 radical (unpaired) electrons. The van der Waals surface area contributed by atoms with Gasteiger partial charge < -0.3 is 10.4 Å². The Balaban J connectivity index is 1.37. The van der Waals surface area contributed by atoms with Crippen LogP contribution in [0.15, 0.2) is 66.9 Å². The highest BCUT2D eigenvalue weighted by Gasteiger charge is 2.07.